The zero-order chi connectivity index (χ0) is 26.0. The largest absolute Gasteiger partial charge is 0.476 e. The van der Waals surface area contributed by atoms with E-state index in [4.69, 9.17) is 4.74 Å². The van der Waals surface area contributed by atoms with Gasteiger partial charge in [-0.2, -0.15) is 0 Å². The summed E-state index contributed by atoms with van der Waals surface area (Å²) in [4.78, 5) is 15.8. The molecule has 3 aromatic carbocycles. The molecule has 3 aromatic rings. The van der Waals surface area contributed by atoms with Crippen LogP contribution >= 0.6 is 0 Å². The smallest absolute Gasteiger partial charge is 0.264 e. The van der Waals surface area contributed by atoms with Crippen LogP contribution in [-0.4, -0.2) is 45.0 Å². The summed E-state index contributed by atoms with van der Waals surface area (Å²) in [7, 11) is -3.89. The number of nitrogens with zero attached hydrogens (tertiary/aromatic N) is 2. The molecule has 0 aromatic heterocycles. The van der Waals surface area contributed by atoms with Crippen molar-refractivity contribution < 1.29 is 17.9 Å². The summed E-state index contributed by atoms with van der Waals surface area (Å²) in [6, 6.07) is 20.3. The molecule has 0 radical (unpaired) electrons. The first-order valence-electron chi connectivity index (χ1n) is 12.7. The van der Waals surface area contributed by atoms with Crippen molar-refractivity contribution in [1.29, 1.82) is 0 Å². The van der Waals surface area contributed by atoms with Gasteiger partial charge in [0.05, 0.1) is 17.1 Å². The van der Waals surface area contributed by atoms with E-state index in [-0.39, 0.29) is 17.3 Å². The molecule has 2 aliphatic rings. The molecule has 5 rings (SSSR count). The van der Waals surface area contributed by atoms with Crippen molar-refractivity contribution in [3.8, 4) is 5.75 Å². The van der Waals surface area contributed by atoms with Crippen molar-refractivity contribution >= 4 is 21.6 Å². The van der Waals surface area contributed by atoms with Crippen LogP contribution in [0, 0.1) is 13.8 Å². The van der Waals surface area contributed by atoms with E-state index in [9.17, 15) is 13.2 Å². The van der Waals surface area contributed by atoms with Gasteiger partial charge in [0.1, 0.15) is 5.75 Å². The summed E-state index contributed by atoms with van der Waals surface area (Å²) in [5, 5.41) is 2.93. The monoisotopic (exact) mass is 519 g/mol. The van der Waals surface area contributed by atoms with E-state index in [0.29, 0.717) is 18.0 Å². The third-order valence-corrected chi connectivity index (χ3v) is 8.77. The Bertz CT molecular complexity index is 1370. The van der Waals surface area contributed by atoms with Gasteiger partial charge >= 0.3 is 0 Å². The van der Waals surface area contributed by atoms with Crippen LogP contribution < -0.4 is 14.4 Å². The number of fused-ring (bicyclic) bond motifs is 1. The van der Waals surface area contributed by atoms with Gasteiger partial charge in [0.25, 0.3) is 15.9 Å². The fourth-order valence-electron chi connectivity index (χ4n) is 4.83. The topological polar surface area (TPSA) is 79.0 Å². The Morgan fingerprint density at radius 2 is 1.57 bits per heavy atom. The van der Waals surface area contributed by atoms with Crippen LogP contribution in [0.25, 0.3) is 0 Å². The van der Waals surface area contributed by atoms with Crippen LogP contribution in [0.1, 0.15) is 35.1 Å². The van der Waals surface area contributed by atoms with Crippen molar-refractivity contribution in [2.24, 2.45) is 0 Å². The Hall–Kier alpha value is -3.36. The molecule has 1 saturated heterocycles. The maximum Gasteiger partial charge on any atom is 0.264 e. The fourth-order valence-corrected chi connectivity index (χ4v) is 6.30. The highest BCUT2D eigenvalue weighted by atomic mass is 32.2. The van der Waals surface area contributed by atoms with E-state index in [1.165, 1.54) is 22.7 Å². The molecule has 1 atom stereocenters. The maximum absolute atomic E-state index is 13.6. The van der Waals surface area contributed by atoms with Crippen LogP contribution in [0.5, 0.6) is 5.75 Å². The number of likely N-dealkylation sites (tertiary alicyclic amines) is 1. The number of carbonyl (C=O) groups is 1. The van der Waals surface area contributed by atoms with Crippen molar-refractivity contribution in [2.75, 3.05) is 23.9 Å². The third-order valence-electron chi connectivity index (χ3n) is 6.98. The predicted octanol–water partition coefficient (Wildman–Crippen LogP) is 4.17. The molecular weight excluding hydrogens is 486 g/mol. The van der Waals surface area contributed by atoms with E-state index < -0.39 is 16.1 Å². The average Bonchev–Trinajstić information content (AvgIpc) is 3.41. The Labute approximate surface area is 219 Å². The number of aryl methyl sites for hydroxylation is 2. The summed E-state index contributed by atoms with van der Waals surface area (Å²) < 4.78 is 34.5. The van der Waals surface area contributed by atoms with Crippen molar-refractivity contribution in [3.63, 3.8) is 0 Å². The number of nitrogens with one attached hydrogen (secondary N) is 1. The lowest BCUT2D eigenvalue weighted by Crippen LogP contribution is -2.50. The number of amides is 1. The standard InChI is InChI=1S/C29H33N3O4S/c1-21-5-12-25(13-6-21)37(34,35)32-20-28(36-27-14-7-22(2)17-26(27)32)29(33)30-18-23-8-10-24(11-9-23)19-31-15-3-4-16-31/h5-14,17,28H,3-4,15-16,18-20H2,1-2H3,(H,30,33)/t28-/m1/s1. The maximum atomic E-state index is 13.6. The zero-order valence-electron chi connectivity index (χ0n) is 21.3. The highest BCUT2D eigenvalue weighted by molar-refractivity contribution is 7.92. The first kappa shape index (κ1) is 25.3. The van der Waals surface area contributed by atoms with Gasteiger partial charge < -0.3 is 10.1 Å². The normalized spacial score (nSPS) is 17.8. The summed E-state index contributed by atoms with van der Waals surface area (Å²) >= 11 is 0. The molecule has 8 heteroatoms. The van der Waals surface area contributed by atoms with Crippen molar-refractivity contribution in [2.45, 2.75) is 50.8 Å². The second-order valence-corrected chi connectivity index (χ2v) is 11.8. The molecule has 1 fully saturated rings. The lowest BCUT2D eigenvalue weighted by Gasteiger charge is -2.35. The fraction of sp³-hybridized carbons (Fsp3) is 0.345. The molecule has 1 amide bonds. The SMILES string of the molecule is Cc1ccc(S(=O)(=O)N2C[C@H](C(=O)NCc3ccc(CN4CCCC4)cc3)Oc3ccc(C)cc32)cc1. The lowest BCUT2D eigenvalue weighted by molar-refractivity contribution is -0.127. The number of anilines is 1. The zero-order valence-corrected chi connectivity index (χ0v) is 22.1. The Kier molecular flexibility index (Phi) is 7.22. The van der Waals surface area contributed by atoms with E-state index >= 15 is 0 Å². The highest BCUT2D eigenvalue weighted by Crippen LogP contribution is 2.37. The van der Waals surface area contributed by atoms with Gasteiger partial charge in [-0.15, -0.1) is 0 Å². The number of benzene rings is 3. The molecule has 0 unspecified atom stereocenters. The molecular formula is C29H33N3O4S. The highest BCUT2D eigenvalue weighted by Gasteiger charge is 2.37. The van der Waals surface area contributed by atoms with Crippen molar-refractivity contribution in [3.05, 3.63) is 89.0 Å². The number of hydrogen-bond donors (Lipinski definition) is 1. The van der Waals surface area contributed by atoms with Crippen LogP contribution in [0.15, 0.2) is 71.6 Å². The lowest BCUT2D eigenvalue weighted by atomic mass is 10.1. The van der Waals surface area contributed by atoms with Crippen LogP contribution in [0.3, 0.4) is 0 Å². The first-order valence-corrected chi connectivity index (χ1v) is 14.2. The summed E-state index contributed by atoms with van der Waals surface area (Å²) in [5.74, 6) is 0.0235. The molecule has 0 spiro atoms. The van der Waals surface area contributed by atoms with E-state index in [1.807, 2.05) is 32.0 Å². The van der Waals surface area contributed by atoms with Crippen LogP contribution in [0.4, 0.5) is 5.69 Å². The first-order chi connectivity index (χ1) is 17.8. The second kappa shape index (κ2) is 10.6. The molecule has 1 N–H and O–H groups in total. The van der Waals surface area contributed by atoms with Crippen molar-refractivity contribution in [1.82, 2.24) is 10.2 Å². The van der Waals surface area contributed by atoms with Gasteiger partial charge in [-0.25, -0.2) is 8.42 Å². The van der Waals surface area contributed by atoms with Crippen LogP contribution in [-0.2, 0) is 27.9 Å². The van der Waals surface area contributed by atoms with Gasteiger partial charge in [-0.3, -0.25) is 14.0 Å². The molecule has 0 saturated carbocycles. The number of rotatable bonds is 7. The Balaban J connectivity index is 1.30. The minimum atomic E-state index is -3.89. The molecule has 0 bridgehead atoms. The molecule has 2 aliphatic heterocycles. The minimum absolute atomic E-state index is 0.104. The number of hydrogen-bond acceptors (Lipinski definition) is 5. The predicted molar refractivity (Wildman–Crippen MR) is 144 cm³/mol. The van der Waals surface area contributed by atoms with E-state index in [2.05, 4.69) is 22.3 Å². The van der Waals surface area contributed by atoms with E-state index in [1.54, 1.807) is 36.4 Å². The third kappa shape index (κ3) is 5.65. The van der Waals surface area contributed by atoms with Gasteiger partial charge in [0.15, 0.2) is 6.10 Å². The number of carbonyl (C=O) groups excluding carboxylic acids is 1. The molecule has 0 aliphatic carbocycles. The number of ether oxygens (including phenoxy) is 1. The molecule has 37 heavy (non-hydrogen) atoms. The van der Waals surface area contributed by atoms with Gasteiger partial charge in [-0.1, -0.05) is 48.0 Å². The van der Waals surface area contributed by atoms with Crippen LogP contribution in [0.2, 0.25) is 0 Å². The van der Waals surface area contributed by atoms with E-state index in [0.717, 1.165) is 36.3 Å². The molecule has 7 nitrogen and oxygen atoms in total. The average molecular weight is 520 g/mol. The minimum Gasteiger partial charge on any atom is -0.476 e. The Morgan fingerprint density at radius 1 is 0.919 bits per heavy atom. The quantitative estimate of drug-likeness (QED) is 0.507. The molecule has 2 heterocycles. The molecule has 194 valence electrons. The Morgan fingerprint density at radius 3 is 2.27 bits per heavy atom. The summed E-state index contributed by atoms with van der Waals surface area (Å²) in [5.41, 5.74) is 4.56. The van der Waals surface area contributed by atoms with Gasteiger partial charge in [0.2, 0.25) is 0 Å². The number of sulfonamides is 1. The van der Waals surface area contributed by atoms with Gasteiger partial charge in [0, 0.05) is 13.1 Å². The second-order valence-electron chi connectivity index (χ2n) is 9.94. The van der Waals surface area contributed by atoms with Gasteiger partial charge in [-0.05, 0) is 80.7 Å². The summed E-state index contributed by atoms with van der Waals surface area (Å²) in [6.45, 7) is 7.29. The summed E-state index contributed by atoms with van der Waals surface area (Å²) in [6.07, 6.45) is 1.56.